The number of carbonyl (C=O) groups is 2. The monoisotopic (exact) mass is 481 g/mol. The van der Waals surface area contributed by atoms with Gasteiger partial charge in [0.1, 0.15) is 11.8 Å². The van der Waals surface area contributed by atoms with Crippen LogP contribution in [0.3, 0.4) is 0 Å². The second-order valence-electron chi connectivity index (χ2n) is 8.96. The number of hydrogen-bond donors (Lipinski definition) is 2. The number of carbonyl (C=O) groups excluding carboxylic acids is 1. The lowest BCUT2D eigenvalue weighted by atomic mass is 9.92. The molecule has 0 aromatic heterocycles. The highest BCUT2D eigenvalue weighted by molar-refractivity contribution is 6.31. The number of hydrogen-bond acceptors (Lipinski definition) is 5. The number of nitriles is 1. The molecule has 2 aliphatic rings. The van der Waals surface area contributed by atoms with Crippen molar-refractivity contribution >= 4 is 29.2 Å². The summed E-state index contributed by atoms with van der Waals surface area (Å²) in [5.74, 6) is -0.405. The maximum Gasteiger partial charge on any atom is 0.306 e. The van der Waals surface area contributed by atoms with Crippen LogP contribution in [0.25, 0.3) is 0 Å². The number of benzene rings is 2. The van der Waals surface area contributed by atoms with Gasteiger partial charge in [-0.1, -0.05) is 11.6 Å². The number of carboxylic acid groups (broad SMARTS) is 1. The molecule has 2 aromatic rings. The SMILES string of the molecule is N#Cc1ccc(OC2CCC(NC(=O)c3ccc(N4CCC(C(=O)O)CC4)cc3)CC2)cc1Cl. The van der Waals surface area contributed by atoms with Gasteiger partial charge >= 0.3 is 5.97 Å². The van der Waals surface area contributed by atoms with Gasteiger partial charge in [0, 0.05) is 36.4 Å². The highest BCUT2D eigenvalue weighted by Gasteiger charge is 2.26. The van der Waals surface area contributed by atoms with E-state index in [1.807, 2.05) is 30.3 Å². The van der Waals surface area contributed by atoms with Crippen LogP contribution in [-0.2, 0) is 4.79 Å². The molecule has 0 atom stereocenters. The van der Waals surface area contributed by atoms with Crippen LogP contribution in [0.2, 0.25) is 5.02 Å². The lowest BCUT2D eigenvalue weighted by Gasteiger charge is -2.32. The van der Waals surface area contributed by atoms with Crippen molar-refractivity contribution < 1.29 is 19.4 Å². The molecule has 7 nitrogen and oxygen atoms in total. The van der Waals surface area contributed by atoms with Crippen LogP contribution >= 0.6 is 11.6 Å². The van der Waals surface area contributed by atoms with Crippen LogP contribution in [0.1, 0.15) is 54.4 Å². The second kappa shape index (κ2) is 10.8. The average Bonchev–Trinajstić information content (AvgIpc) is 2.85. The van der Waals surface area contributed by atoms with E-state index in [4.69, 9.17) is 26.7 Å². The molecule has 34 heavy (non-hydrogen) atoms. The molecule has 2 fully saturated rings. The molecule has 0 spiro atoms. The Kier molecular flexibility index (Phi) is 7.59. The summed E-state index contributed by atoms with van der Waals surface area (Å²) < 4.78 is 6.02. The molecule has 0 radical (unpaired) electrons. The first-order chi connectivity index (χ1) is 16.4. The van der Waals surface area contributed by atoms with E-state index < -0.39 is 5.97 Å². The fourth-order valence-electron chi connectivity index (χ4n) is 4.65. The van der Waals surface area contributed by atoms with E-state index in [1.54, 1.807) is 18.2 Å². The van der Waals surface area contributed by atoms with E-state index in [0.717, 1.165) is 31.4 Å². The Hall–Kier alpha value is -3.24. The number of carboxylic acids is 1. The van der Waals surface area contributed by atoms with Gasteiger partial charge in [-0.3, -0.25) is 9.59 Å². The summed E-state index contributed by atoms with van der Waals surface area (Å²) in [6, 6.07) is 14.8. The van der Waals surface area contributed by atoms with Crippen LogP contribution in [0, 0.1) is 17.2 Å². The summed E-state index contributed by atoms with van der Waals surface area (Å²) in [6.45, 7) is 1.42. The fourth-order valence-corrected chi connectivity index (χ4v) is 4.87. The predicted octanol–water partition coefficient (Wildman–Crippen LogP) is 4.63. The van der Waals surface area contributed by atoms with Crippen molar-refractivity contribution in [2.75, 3.05) is 18.0 Å². The summed E-state index contributed by atoms with van der Waals surface area (Å²) in [4.78, 5) is 26.0. The number of nitrogens with zero attached hydrogens (tertiary/aromatic N) is 2. The molecule has 2 N–H and O–H groups in total. The van der Waals surface area contributed by atoms with Gasteiger partial charge in [-0.15, -0.1) is 0 Å². The minimum atomic E-state index is -0.717. The first-order valence-electron chi connectivity index (χ1n) is 11.7. The molecule has 1 aliphatic carbocycles. The van der Waals surface area contributed by atoms with Gasteiger partial charge in [-0.05, 0) is 74.9 Å². The maximum absolute atomic E-state index is 12.7. The van der Waals surface area contributed by atoms with E-state index in [2.05, 4.69) is 10.2 Å². The number of amides is 1. The van der Waals surface area contributed by atoms with Gasteiger partial charge in [0.05, 0.1) is 22.6 Å². The van der Waals surface area contributed by atoms with Crippen LogP contribution < -0.4 is 15.0 Å². The summed E-state index contributed by atoms with van der Waals surface area (Å²) in [5.41, 5.74) is 2.06. The normalized spacial score (nSPS) is 20.9. The molecule has 1 saturated carbocycles. The molecule has 1 aliphatic heterocycles. The topological polar surface area (TPSA) is 103 Å². The van der Waals surface area contributed by atoms with Crippen molar-refractivity contribution in [3.05, 3.63) is 58.6 Å². The smallest absolute Gasteiger partial charge is 0.306 e. The molecule has 4 rings (SSSR count). The lowest BCUT2D eigenvalue weighted by molar-refractivity contribution is -0.142. The minimum absolute atomic E-state index is 0.0571. The predicted molar refractivity (Wildman–Crippen MR) is 129 cm³/mol. The number of piperidine rings is 1. The average molecular weight is 482 g/mol. The van der Waals surface area contributed by atoms with Crippen molar-refractivity contribution in [1.29, 1.82) is 5.26 Å². The fraction of sp³-hybridized carbons (Fsp3) is 0.423. The third kappa shape index (κ3) is 5.81. The Bertz CT molecular complexity index is 1070. The zero-order chi connectivity index (χ0) is 24.1. The number of aliphatic carboxylic acids is 1. The second-order valence-corrected chi connectivity index (χ2v) is 9.37. The van der Waals surface area contributed by atoms with E-state index in [-0.39, 0.29) is 24.0 Å². The van der Waals surface area contributed by atoms with E-state index >= 15 is 0 Å². The standard InChI is InChI=1S/C26H28ClN3O4/c27-24-15-23(8-3-19(24)16-28)34-22-9-4-20(5-10-22)29-25(31)17-1-6-21(7-2-17)30-13-11-18(12-14-30)26(32)33/h1-3,6-8,15,18,20,22H,4-5,9-14H2,(H,29,31)(H,32,33). The van der Waals surface area contributed by atoms with Gasteiger partial charge in [-0.2, -0.15) is 5.26 Å². The molecule has 178 valence electrons. The minimum Gasteiger partial charge on any atom is -0.490 e. The van der Waals surface area contributed by atoms with Gasteiger partial charge in [0.2, 0.25) is 0 Å². The van der Waals surface area contributed by atoms with Gasteiger partial charge < -0.3 is 20.1 Å². The molecule has 1 saturated heterocycles. The highest BCUT2D eigenvalue weighted by atomic mass is 35.5. The van der Waals surface area contributed by atoms with Crippen molar-refractivity contribution in [2.24, 2.45) is 5.92 Å². The van der Waals surface area contributed by atoms with Crippen LogP contribution in [0.4, 0.5) is 5.69 Å². The molecule has 8 heteroatoms. The first kappa shape index (κ1) is 23.9. The summed E-state index contributed by atoms with van der Waals surface area (Å²) in [6.07, 6.45) is 4.65. The Morgan fingerprint density at radius 1 is 1.03 bits per heavy atom. The Balaban J connectivity index is 1.23. The van der Waals surface area contributed by atoms with Gasteiger partial charge in [-0.25, -0.2) is 0 Å². The lowest BCUT2D eigenvalue weighted by Crippen LogP contribution is -2.39. The zero-order valence-corrected chi connectivity index (χ0v) is 19.6. The highest BCUT2D eigenvalue weighted by Crippen LogP contribution is 2.28. The summed E-state index contributed by atoms with van der Waals surface area (Å²) in [5, 5.41) is 21.7. The van der Waals surface area contributed by atoms with Crippen molar-refractivity contribution in [2.45, 2.75) is 50.7 Å². The molecule has 1 amide bonds. The first-order valence-corrected chi connectivity index (χ1v) is 12.1. The number of halogens is 1. The number of rotatable bonds is 6. The van der Waals surface area contributed by atoms with Crippen molar-refractivity contribution in [3.8, 4) is 11.8 Å². The Morgan fingerprint density at radius 2 is 1.71 bits per heavy atom. The van der Waals surface area contributed by atoms with Crippen LogP contribution in [0.5, 0.6) is 5.75 Å². The van der Waals surface area contributed by atoms with Crippen molar-refractivity contribution in [1.82, 2.24) is 5.32 Å². The van der Waals surface area contributed by atoms with Crippen molar-refractivity contribution in [3.63, 3.8) is 0 Å². The number of nitrogens with one attached hydrogen (secondary N) is 1. The number of ether oxygens (including phenoxy) is 1. The zero-order valence-electron chi connectivity index (χ0n) is 18.9. The summed E-state index contributed by atoms with van der Waals surface area (Å²) in [7, 11) is 0. The van der Waals surface area contributed by atoms with Crippen LogP contribution in [-0.4, -0.2) is 42.2 Å². The van der Waals surface area contributed by atoms with Gasteiger partial charge in [0.25, 0.3) is 5.91 Å². The molecule has 2 aromatic carbocycles. The van der Waals surface area contributed by atoms with E-state index in [1.165, 1.54) is 0 Å². The Labute approximate surface area is 204 Å². The molecular weight excluding hydrogens is 454 g/mol. The largest absolute Gasteiger partial charge is 0.490 e. The maximum atomic E-state index is 12.7. The van der Waals surface area contributed by atoms with E-state index in [0.29, 0.717) is 47.8 Å². The summed E-state index contributed by atoms with van der Waals surface area (Å²) >= 11 is 6.08. The third-order valence-electron chi connectivity index (χ3n) is 6.71. The molecule has 0 bridgehead atoms. The van der Waals surface area contributed by atoms with Gasteiger partial charge in [0.15, 0.2) is 0 Å². The Morgan fingerprint density at radius 3 is 2.29 bits per heavy atom. The molecule has 1 heterocycles. The molecular formula is C26H28ClN3O4. The van der Waals surface area contributed by atoms with E-state index in [9.17, 15) is 9.59 Å². The van der Waals surface area contributed by atoms with Crippen LogP contribution in [0.15, 0.2) is 42.5 Å². The third-order valence-corrected chi connectivity index (χ3v) is 7.02. The molecule has 0 unspecified atom stereocenters. The quantitative estimate of drug-likeness (QED) is 0.623. The number of anilines is 1.